The average molecular weight is 444 g/mol. The van der Waals surface area contributed by atoms with Crippen molar-refractivity contribution >= 4 is 27.8 Å². The van der Waals surface area contributed by atoms with Gasteiger partial charge in [-0.05, 0) is 32.1 Å². The fraction of sp³-hybridized carbons (Fsp3) is 0.773. The van der Waals surface area contributed by atoms with Gasteiger partial charge in [0, 0.05) is 6.42 Å². The Morgan fingerprint density at radius 2 is 1.43 bits per heavy atom. The number of carbonyl (C=O) groups excluding carboxylic acids is 3. The van der Waals surface area contributed by atoms with Crippen LogP contribution in [0.25, 0.3) is 0 Å². The van der Waals surface area contributed by atoms with E-state index in [0.29, 0.717) is 11.3 Å². The largest absolute Gasteiger partial charge is 0.285 e. The number of allylic oxidation sites excluding steroid dienone is 2. The lowest BCUT2D eigenvalue weighted by Crippen LogP contribution is -2.39. The molecule has 1 N–H and O–H groups in total. The summed E-state index contributed by atoms with van der Waals surface area (Å²) in [5.41, 5.74) is 0. The summed E-state index contributed by atoms with van der Waals surface area (Å²) in [6.07, 6.45) is 18.4. The van der Waals surface area contributed by atoms with Crippen molar-refractivity contribution in [3.8, 4) is 0 Å². The number of likely N-dealkylation sites (tertiary alicyclic amines) is 1. The third-order valence-electron chi connectivity index (χ3n) is 5.37. The Bertz CT molecular complexity index is 686. The molecule has 3 amide bonds. The van der Waals surface area contributed by atoms with E-state index in [1.807, 2.05) is 0 Å². The maximum Gasteiger partial charge on any atom is 0.277 e. The minimum Gasteiger partial charge on any atom is -0.285 e. The molecule has 0 bridgehead atoms. The van der Waals surface area contributed by atoms with Crippen molar-refractivity contribution in [2.24, 2.45) is 0 Å². The summed E-state index contributed by atoms with van der Waals surface area (Å²) in [6, 6.07) is 0. The normalized spacial score (nSPS) is 17.4. The lowest BCUT2D eigenvalue weighted by Gasteiger charge is -2.12. The van der Waals surface area contributed by atoms with E-state index >= 15 is 0 Å². The highest BCUT2D eigenvalue weighted by atomic mass is 32.2. The van der Waals surface area contributed by atoms with Crippen molar-refractivity contribution in [1.82, 2.24) is 4.90 Å². The SMILES string of the molecule is CCCCCCCCC=CCCCCCCCC(=O)N1C(=O)CC(S(=O)(=O)O)C1=O. The number of hydrogen-bond acceptors (Lipinski definition) is 5. The van der Waals surface area contributed by atoms with Gasteiger partial charge < -0.3 is 0 Å². The van der Waals surface area contributed by atoms with Crippen molar-refractivity contribution in [1.29, 1.82) is 0 Å². The van der Waals surface area contributed by atoms with Crippen LogP contribution in [0.1, 0.15) is 103 Å². The molecule has 30 heavy (non-hydrogen) atoms. The molecule has 1 aliphatic rings. The van der Waals surface area contributed by atoms with E-state index in [0.717, 1.165) is 38.5 Å². The van der Waals surface area contributed by atoms with E-state index in [2.05, 4.69) is 19.1 Å². The van der Waals surface area contributed by atoms with Crippen LogP contribution in [-0.4, -0.2) is 40.8 Å². The minimum absolute atomic E-state index is 0.0217. The summed E-state index contributed by atoms with van der Waals surface area (Å²) in [6.45, 7) is 2.23. The van der Waals surface area contributed by atoms with Crippen LogP contribution in [0.4, 0.5) is 0 Å². The van der Waals surface area contributed by atoms with Crippen LogP contribution in [0.3, 0.4) is 0 Å². The van der Waals surface area contributed by atoms with Crippen molar-refractivity contribution < 1.29 is 27.4 Å². The first kappa shape index (κ1) is 26.5. The Labute approximate surface area is 181 Å². The predicted molar refractivity (Wildman–Crippen MR) is 116 cm³/mol. The molecule has 8 heteroatoms. The fourth-order valence-corrected chi connectivity index (χ4v) is 4.27. The quantitative estimate of drug-likeness (QED) is 0.162. The minimum atomic E-state index is -4.67. The molecule has 172 valence electrons. The van der Waals surface area contributed by atoms with E-state index in [-0.39, 0.29) is 6.42 Å². The second-order valence-corrected chi connectivity index (χ2v) is 9.60. The first-order valence-electron chi connectivity index (χ1n) is 11.3. The van der Waals surface area contributed by atoms with Crippen LogP contribution in [0, 0.1) is 0 Å². The third-order valence-corrected chi connectivity index (χ3v) is 6.45. The molecule has 1 atom stereocenters. The van der Waals surface area contributed by atoms with Gasteiger partial charge in [-0.15, -0.1) is 0 Å². The molecule has 0 aromatic rings. The van der Waals surface area contributed by atoms with E-state index < -0.39 is 39.5 Å². The van der Waals surface area contributed by atoms with Gasteiger partial charge in [-0.25, -0.2) is 4.90 Å². The molecule has 0 aromatic heterocycles. The second kappa shape index (κ2) is 14.5. The Hall–Kier alpha value is -1.54. The molecule has 1 aliphatic heterocycles. The molecule has 1 fully saturated rings. The van der Waals surface area contributed by atoms with Gasteiger partial charge in [-0.1, -0.05) is 70.4 Å². The zero-order valence-corrected chi connectivity index (χ0v) is 19.0. The smallest absolute Gasteiger partial charge is 0.277 e. The molecular weight excluding hydrogens is 406 g/mol. The summed E-state index contributed by atoms with van der Waals surface area (Å²) in [4.78, 5) is 36.1. The molecule has 1 saturated heterocycles. The molecule has 1 unspecified atom stereocenters. The van der Waals surface area contributed by atoms with Gasteiger partial charge in [-0.2, -0.15) is 8.42 Å². The third kappa shape index (κ3) is 9.98. The lowest BCUT2D eigenvalue weighted by atomic mass is 10.1. The second-order valence-electron chi connectivity index (χ2n) is 8.00. The van der Waals surface area contributed by atoms with Gasteiger partial charge in [0.05, 0.1) is 6.42 Å². The first-order chi connectivity index (χ1) is 14.3. The number of carbonyl (C=O) groups is 3. The summed E-state index contributed by atoms with van der Waals surface area (Å²) >= 11 is 0. The highest BCUT2D eigenvalue weighted by Gasteiger charge is 2.48. The summed E-state index contributed by atoms with van der Waals surface area (Å²) < 4.78 is 31.2. The summed E-state index contributed by atoms with van der Waals surface area (Å²) in [5.74, 6) is -2.69. The molecule has 0 aromatic carbocycles. The molecule has 0 spiro atoms. The molecule has 0 saturated carbocycles. The van der Waals surface area contributed by atoms with E-state index in [1.54, 1.807) is 0 Å². The summed E-state index contributed by atoms with van der Waals surface area (Å²) in [7, 11) is -4.67. The van der Waals surface area contributed by atoms with Crippen LogP contribution < -0.4 is 0 Å². The van der Waals surface area contributed by atoms with Crippen molar-refractivity contribution in [2.75, 3.05) is 0 Å². The molecular formula is C22H37NO6S. The number of hydrogen-bond donors (Lipinski definition) is 1. The van der Waals surface area contributed by atoms with Gasteiger partial charge >= 0.3 is 0 Å². The molecule has 7 nitrogen and oxygen atoms in total. The van der Waals surface area contributed by atoms with E-state index in [1.165, 1.54) is 38.5 Å². The topological polar surface area (TPSA) is 109 Å². The molecule has 0 radical (unpaired) electrons. The van der Waals surface area contributed by atoms with Crippen molar-refractivity contribution in [2.45, 2.75) is 108 Å². The maximum atomic E-state index is 12.1. The standard InChI is InChI=1S/C22H37NO6S/c1-2-3-4-5-6-7-8-9-10-11-12-13-14-15-16-17-20(24)23-21(25)18-19(22(23)26)30(27,28)29/h9-10,19H,2-8,11-18H2,1H3,(H,27,28,29). The molecule has 0 aliphatic carbocycles. The first-order valence-corrected chi connectivity index (χ1v) is 12.8. The Kier molecular flexibility index (Phi) is 12.8. The van der Waals surface area contributed by atoms with Crippen LogP contribution in [0.2, 0.25) is 0 Å². The Balaban J connectivity index is 2.05. The number of imide groups is 3. The van der Waals surface area contributed by atoms with Crippen molar-refractivity contribution in [3.05, 3.63) is 12.2 Å². The monoisotopic (exact) mass is 443 g/mol. The van der Waals surface area contributed by atoms with Crippen LogP contribution >= 0.6 is 0 Å². The number of unbranched alkanes of at least 4 members (excludes halogenated alkanes) is 11. The van der Waals surface area contributed by atoms with Crippen LogP contribution in [0.5, 0.6) is 0 Å². The van der Waals surface area contributed by atoms with Crippen molar-refractivity contribution in [3.63, 3.8) is 0 Å². The Morgan fingerprint density at radius 1 is 0.933 bits per heavy atom. The lowest BCUT2D eigenvalue weighted by molar-refractivity contribution is -0.149. The van der Waals surface area contributed by atoms with Gasteiger partial charge in [0.25, 0.3) is 16.0 Å². The highest BCUT2D eigenvalue weighted by molar-refractivity contribution is 7.87. The highest BCUT2D eigenvalue weighted by Crippen LogP contribution is 2.21. The van der Waals surface area contributed by atoms with Gasteiger partial charge in [0.1, 0.15) is 0 Å². The maximum absolute atomic E-state index is 12.1. The zero-order valence-electron chi connectivity index (χ0n) is 18.2. The average Bonchev–Trinajstić information content (AvgIpc) is 2.99. The van der Waals surface area contributed by atoms with Gasteiger partial charge in [-0.3, -0.25) is 18.9 Å². The molecule has 1 rings (SSSR count). The Morgan fingerprint density at radius 3 is 1.93 bits per heavy atom. The predicted octanol–water partition coefficient (Wildman–Crippen LogP) is 4.57. The number of amides is 3. The van der Waals surface area contributed by atoms with E-state index in [4.69, 9.17) is 4.55 Å². The van der Waals surface area contributed by atoms with E-state index in [9.17, 15) is 22.8 Å². The zero-order chi connectivity index (χ0) is 22.4. The van der Waals surface area contributed by atoms with Crippen LogP contribution in [0.15, 0.2) is 12.2 Å². The number of rotatable bonds is 16. The molecule has 1 heterocycles. The fourth-order valence-electron chi connectivity index (χ4n) is 3.56. The van der Waals surface area contributed by atoms with Crippen LogP contribution in [-0.2, 0) is 24.5 Å². The summed E-state index contributed by atoms with van der Waals surface area (Å²) in [5, 5.41) is -1.84. The van der Waals surface area contributed by atoms with Gasteiger partial charge in [0.15, 0.2) is 5.25 Å². The number of nitrogens with zero attached hydrogens (tertiary/aromatic N) is 1. The van der Waals surface area contributed by atoms with Gasteiger partial charge in [0.2, 0.25) is 11.8 Å².